The summed E-state index contributed by atoms with van der Waals surface area (Å²) in [4.78, 5) is 16.4. The van der Waals surface area contributed by atoms with Gasteiger partial charge in [0.05, 0.1) is 12.7 Å². The Hall–Kier alpha value is -2.37. The molecule has 6 heteroatoms. The van der Waals surface area contributed by atoms with E-state index in [1.54, 1.807) is 7.11 Å². The molecule has 2 aliphatic carbocycles. The number of esters is 1. The zero-order valence-electron chi connectivity index (χ0n) is 14.3. The molecule has 0 N–H and O–H groups in total. The van der Waals surface area contributed by atoms with Gasteiger partial charge in [-0.05, 0) is 49.1 Å². The fourth-order valence-electron chi connectivity index (χ4n) is 4.29. The standard InChI is InChI=1S/C19H22N2O4/c1-23-16-5-3-2-4-15(16)19-20-17(25-21-19)11-24-18(22)10-14-9-12-6-7-13(14)8-12/h2-5,12-14H,6-11H2,1H3/t12-,13-,14-/m1/s1. The first kappa shape index (κ1) is 16.1. The highest BCUT2D eigenvalue weighted by atomic mass is 16.6. The van der Waals surface area contributed by atoms with Gasteiger partial charge in [0.15, 0.2) is 6.61 Å². The molecule has 3 atom stereocenters. The molecule has 2 fully saturated rings. The van der Waals surface area contributed by atoms with Gasteiger partial charge in [-0.3, -0.25) is 4.79 Å². The summed E-state index contributed by atoms with van der Waals surface area (Å²) in [5.41, 5.74) is 0.744. The lowest BCUT2D eigenvalue weighted by Gasteiger charge is -2.20. The van der Waals surface area contributed by atoms with Crippen molar-refractivity contribution in [1.82, 2.24) is 10.1 Å². The van der Waals surface area contributed by atoms with E-state index in [4.69, 9.17) is 14.0 Å². The zero-order valence-corrected chi connectivity index (χ0v) is 14.3. The van der Waals surface area contributed by atoms with Crippen LogP contribution in [-0.4, -0.2) is 23.2 Å². The van der Waals surface area contributed by atoms with E-state index < -0.39 is 0 Å². The lowest BCUT2D eigenvalue weighted by atomic mass is 9.86. The molecule has 0 radical (unpaired) electrons. The molecule has 0 aliphatic heterocycles. The first-order valence-corrected chi connectivity index (χ1v) is 8.84. The molecule has 2 bridgehead atoms. The molecule has 0 amide bonds. The van der Waals surface area contributed by atoms with Crippen LogP contribution in [0.15, 0.2) is 28.8 Å². The Morgan fingerprint density at radius 3 is 2.92 bits per heavy atom. The predicted molar refractivity (Wildman–Crippen MR) is 89.6 cm³/mol. The largest absolute Gasteiger partial charge is 0.496 e. The fourth-order valence-corrected chi connectivity index (χ4v) is 4.29. The van der Waals surface area contributed by atoms with Crippen molar-refractivity contribution < 1.29 is 18.8 Å². The van der Waals surface area contributed by atoms with Crippen molar-refractivity contribution in [3.8, 4) is 17.1 Å². The van der Waals surface area contributed by atoms with Gasteiger partial charge in [0.25, 0.3) is 5.89 Å². The average molecular weight is 342 g/mol. The number of benzene rings is 1. The van der Waals surface area contributed by atoms with Crippen LogP contribution < -0.4 is 4.74 Å². The highest BCUT2D eigenvalue weighted by Crippen LogP contribution is 2.49. The summed E-state index contributed by atoms with van der Waals surface area (Å²) in [6.07, 6.45) is 5.59. The van der Waals surface area contributed by atoms with Crippen molar-refractivity contribution in [3.05, 3.63) is 30.2 Å². The molecule has 2 aliphatic rings. The molecule has 4 rings (SSSR count). The van der Waals surface area contributed by atoms with E-state index in [1.807, 2.05) is 24.3 Å². The first-order valence-electron chi connectivity index (χ1n) is 8.84. The summed E-state index contributed by atoms with van der Waals surface area (Å²) in [6, 6.07) is 7.44. The summed E-state index contributed by atoms with van der Waals surface area (Å²) in [7, 11) is 1.59. The van der Waals surface area contributed by atoms with Gasteiger partial charge in [0, 0.05) is 6.42 Å². The van der Waals surface area contributed by atoms with E-state index in [-0.39, 0.29) is 12.6 Å². The zero-order chi connectivity index (χ0) is 17.2. The van der Waals surface area contributed by atoms with Gasteiger partial charge in [0.2, 0.25) is 5.82 Å². The lowest BCUT2D eigenvalue weighted by molar-refractivity contribution is -0.147. The van der Waals surface area contributed by atoms with Gasteiger partial charge < -0.3 is 14.0 Å². The highest BCUT2D eigenvalue weighted by Gasteiger charge is 2.40. The molecule has 132 valence electrons. The summed E-state index contributed by atoms with van der Waals surface area (Å²) in [5.74, 6) is 3.27. The molecule has 0 unspecified atom stereocenters. The normalized spacial score (nSPS) is 24.4. The van der Waals surface area contributed by atoms with E-state index in [1.165, 1.54) is 25.7 Å². The van der Waals surface area contributed by atoms with Gasteiger partial charge in [-0.25, -0.2) is 0 Å². The maximum atomic E-state index is 12.1. The third-order valence-corrected chi connectivity index (χ3v) is 5.49. The van der Waals surface area contributed by atoms with E-state index in [0.29, 0.717) is 29.8 Å². The lowest BCUT2D eigenvalue weighted by Crippen LogP contribution is -2.17. The maximum absolute atomic E-state index is 12.1. The number of aromatic nitrogens is 2. The number of nitrogens with zero attached hydrogens (tertiary/aromatic N) is 2. The molecule has 2 aromatic rings. The molecular weight excluding hydrogens is 320 g/mol. The number of hydrogen-bond acceptors (Lipinski definition) is 6. The van der Waals surface area contributed by atoms with E-state index in [2.05, 4.69) is 10.1 Å². The smallest absolute Gasteiger partial charge is 0.306 e. The Balaban J connectivity index is 1.33. The van der Waals surface area contributed by atoms with E-state index in [9.17, 15) is 4.79 Å². The molecule has 0 saturated heterocycles. The predicted octanol–water partition coefficient (Wildman–Crippen LogP) is 3.61. The SMILES string of the molecule is COc1ccccc1-c1noc(COC(=O)C[C@H]2C[C@@H]3CC[C@@H]2C3)n1. The average Bonchev–Trinajstić information content (AvgIpc) is 3.36. The Bertz CT molecular complexity index is 757. The molecule has 0 spiro atoms. The minimum Gasteiger partial charge on any atom is -0.496 e. The summed E-state index contributed by atoms with van der Waals surface area (Å²) in [5, 5.41) is 3.95. The van der Waals surface area contributed by atoms with Crippen molar-refractivity contribution in [2.45, 2.75) is 38.7 Å². The third-order valence-electron chi connectivity index (χ3n) is 5.49. The molecule has 25 heavy (non-hydrogen) atoms. The number of carbonyl (C=O) groups is 1. The Kier molecular flexibility index (Phi) is 4.42. The minimum absolute atomic E-state index is 0.0157. The Morgan fingerprint density at radius 1 is 1.28 bits per heavy atom. The van der Waals surface area contributed by atoms with Crippen molar-refractivity contribution >= 4 is 5.97 Å². The van der Waals surface area contributed by atoms with Crippen LogP contribution in [0.2, 0.25) is 0 Å². The summed E-state index contributed by atoms with van der Waals surface area (Å²) < 4.78 is 15.8. The second-order valence-corrected chi connectivity index (χ2v) is 7.01. The monoisotopic (exact) mass is 342 g/mol. The van der Waals surface area contributed by atoms with Crippen LogP contribution >= 0.6 is 0 Å². The number of methoxy groups -OCH3 is 1. The van der Waals surface area contributed by atoms with Crippen molar-refractivity contribution in [2.75, 3.05) is 7.11 Å². The number of fused-ring (bicyclic) bond motifs is 2. The Morgan fingerprint density at radius 2 is 2.16 bits per heavy atom. The Labute approximate surface area is 146 Å². The molecule has 6 nitrogen and oxygen atoms in total. The van der Waals surface area contributed by atoms with Crippen LogP contribution in [0.5, 0.6) is 5.75 Å². The van der Waals surface area contributed by atoms with E-state index in [0.717, 1.165) is 17.4 Å². The van der Waals surface area contributed by atoms with Crippen LogP contribution in [0.25, 0.3) is 11.4 Å². The second-order valence-electron chi connectivity index (χ2n) is 7.01. The molecule has 2 saturated carbocycles. The summed E-state index contributed by atoms with van der Waals surface area (Å²) >= 11 is 0. The highest BCUT2D eigenvalue weighted by molar-refractivity contribution is 5.69. The maximum Gasteiger partial charge on any atom is 0.306 e. The van der Waals surface area contributed by atoms with Crippen molar-refractivity contribution in [1.29, 1.82) is 0 Å². The minimum atomic E-state index is -0.172. The van der Waals surface area contributed by atoms with Gasteiger partial charge in [-0.2, -0.15) is 4.98 Å². The molecule has 1 aromatic carbocycles. The topological polar surface area (TPSA) is 74.5 Å². The van der Waals surface area contributed by atoms with Crippen LogP contribution in [0.3, 0.4) is 0 Å². The molecule has 1 heterocycles. The van der Waals surface area contributed by atoms with Crippen LogP contribution in [-0.2, 0) is 16.1 Å². The third kappa shape index (κ3) is 3.38. The van der Waals surface area contributed by atoms with Gasteiger partial charge in [0.1, 0.15) is 5.75 Å². The quantitative estimate of drug-likeness (QED) is 0.747. The van der Waals surface area contributed by atoms with Gasteiger partial charge in [-0.15, -0.1) is 0 Å². The summed E-state index contributed by atoms with van der Waals surface area (Å²) in [6.45, 7) is 0.0157. The van der Waals surface area contributed by atoms with Crippen LogP contribution in [0.4, 0.5) is 0 Å². The van der Waals surface area contributed by atoms with Crippen molar-refractivity contribution in [3.63, 3.8) is 0 Å². The number of hydrogen-bond donors (Lipinski definition) is 0. The molecular formula is C19H22N2O4. The van der Waals surface area contributed by atoms with Crippen molar-refractivity contribution in [2.24, 2.45) is 17.8 Å². The second kappa shape index (κ2) is 6.86. The first-order chi connectivity index (χ1) is 12.2. The number of ether oxygens (including phenoxy) is 2. The number of carbonyl (C=O) groups excluding carboxylic acids is 1. The number of para-hydroxylation sites is 1. The fraction of sp³-hybridized carbons (Fsp3) is 0.526. The van der Waals surface area contributed by atoms with Gasteiger partial charge >= 0.3 is 5.97 Å². The number of rotatable bonds is 6. The van der Waals surface area contributed by atoms with E-state index >= 15 is 0 Å². The van der Waals surface area contributed by atoms with Crippen LogP contribution in [0.1, 0.15) is 38.0 Å². The van der Waals surface area contributed by atoms with Gasteiger partial charge in [-0.1, -0.05) is 23.7 Å². The molecule has 1 aromatic heterocycles. The van der Waals surface area contributed by atoms with Crippen LogP contribution in [0, 0.1) is 17.8 Å².